The summed E-state index contributed by atoms with van der Waals surface area (Å²) in [6.07, 6.45) is -0.341. The molecular weight excluding hydrogens is 256 g/mol. The molecule has 1 N–H and O–H groups in total. The van der Waals surface area contributed by atoms with E-state index < -0.39 is 30.5 Å². The third kappa shape index (κ3) is 2.69. The van der Waals surface area contributed by atoms with Crippen molar-refractivity contribution in [1.29, 1.82) is 0 Å². The van der Waals surface area contributed by atoms with Gasteiger partial charge in [-0.1, -0.05) is 6.92 Å². The maximum absolute atomic E-state index is 13.8. The Hall–Kier alpha value is -1.67. The molecule has 1 aliphatic heterocycles. The standard InChI is InChI=1S/C11H13BFNO5/c1-2-5-18-8-4-3-7(13)10-9(6-14(16)17)19-12(15)11(8)10/h3-4,9,15H,2,5-6H2,1H3. The van der Waals surface area contributed by atoms with Gasteiger partial charge in [-0.25, -0.2) is 4.39 Å². The summed E-state index contributed by atoms with van der Waals surface area (Å²) in [4.78, 5) is 9.92. The van der Waals surface area contributed by atoms with Gasteiger partial charge in [0, 0.05) is 15.9 Å². The average Bonchev–Trinajstić information content (AvgIpc) is 2.66. The normalized spacial score (nSPS) is 17.4. The molecule has 8 heteroatoms. The highest BCUT2D eigenvalue weighted by atomic mass is 19.1. The van der Waals surface area contributed by atoms with Crippen LogP contribution in [-0.4, -0.2) is 30.2 Å². The molecular formula is C11H13BFNO5. The van der Waals surface area contributed by atoms with Crippen LogP contribution in [0.2, 0.25) is 0 Å². The molecule has 6 nitrogen and oxygen atoms in total. The molecule has 1 atom stereocenters. The van der Waals surface area contributed by atoms with E-state index in [2.05, 4.69) is 0 Å². The summed E-state index contributed by atoms with van der Waals surface area (Å²) in [5.74, 6) is -0.334. The van der Waals surface area contributed by atoms with Crippen LogP contribution in [0.5, 0.6) is 5.75 Å². The molecule has 1 heterocycles. The van der Waals surface area contributed by atoms with Crippen molar-refractivity contribution in [3.8, 4) is 5.75 Å². The van der Waals surface area contributed by atoms with Crippen molar-refractivity contribution < 1.29 is 23.7 Å². The zero-order valence-electron chi connectivity index (χ0n) is 10.3. The van der Waals surface area contributed by atoms with Crippen LogP contribution in [0.4, 0.5) is 4.39 Å². The molecule has 1 aliphatic rings. The number of ether oxygens (including phenoxy) is 1. The van der Waals surface area contributed by atoms with Crippen molar-refractivity contribution >= 4 is 12.6 Å². The first kappa shape index (κ1) is 13.8. The van der Waals surface area contributed by atoms with Gasteiger partial charge in [-0.3, -0.25) is 10.1 Å². The van der Waals surface area contributed by atoms with Crippen LogP contribution in [0.3, 0.4) is 0 Å². The van der Waals surface area contributed by atoms with E-state index in [1.807, 2.05) is 6.92 Å². The summed E-state index contributed by atoms with van der Waals surface area (Å²) < 4.78 is 24.2. The van der Waals surface area contributed by atoms with Gasteiger partial charge in [-0.2, -0.15) is 0 Å². The van der Waals surface area contributed by atoms with Crippen LogP contribution >= 0.6 is 0 Å². The Kier molecular flexibility index (Phi) is 4.01. The maximum Gasteiger partial charge on any atom is 0.496 e. The Morgan fingerprint density at radius 3 is 3.00 bits per heavy atom. The Morgan fingerprint density at radius 2 is 2.37 bits per heavy atom. The fourth-order valence-corrected chi connectivity index (χ4v) is 2.07. The highest BCUT2D eigenvalue weighted by molar-refractivity contribution is 6.62. The Morgan fingerprint density at radius 1 is 1.63 bits per heavy atom. The molecule has 0 saturated heterocycles. The van der Waals surface area contributed by atoms with Crippen molar-refractivity contribution in [2.24, 2.45) is 0 Å². The Balaban J connectivity index is 2.39. The molecule has 0 amide bonds. The smallest absolute Gasteiger partial charge is 0.494 e. The second kappa shape index (κ2) is 5.54. The number of halogens is 1. The minimum atomic E-state index is -1.40. The fourth-order valence-electron chi connectivity index (χ4n) is 2.07. The predicted molar refractivity (Wildman–Crippen MR) is 65.5 cm³/mol. The van der Waals surface area contributed by atoms with Gasteiger partial charge in [0.15, 0.2) is 0 Å². The zero-order valence-corrected chi connectivity index (χ0v) is 10.3. The van der Waals surface area contributed by atoms with E-state index in [0.29, 0.717) is 12.4 Å². The minimum Gasteiger partial charge on any atom is -0.494 e. The number of nitro groups is 1. The van der Waals surface area contributed by atoms with Crippen LogP contribution in [-0.2, 0) is 4.65 Å². The van der Waals surface area contributed by atoms with Gasteiger partial charge in [0.05, 0.1) is 6.61 Å². The van der Waals surface area contributed by atoms with Crippen LogP contribution in [0.1, 0.15) is 25.0 Å². The third-order valence-electron chi connectivity index (χ3n) is 2.83. The Bertz CT molecular complexity index is 498. The highest BCUT2D eigenvalue weighted by Gasteiger charge is 2.42. The molecule has 0 aromatic heterocycles. The van der Waals surface area contributed by atoms with E-state index in [1.54, 1.807) is 0 Å². The number of fused-ring (bicyclic) bond motifs is 1. The summed E-state index contributed by atoms with van der Waals surface area (Å²) in [6.45, 7) is 1.72. The molecule has 0 aliphatic carbocycles. The van der Waals surface area contributed by atoms with Crippen LogP contribution in [0, 0.1) is 15.9 Å². The summed E-state index contributed by atoms with van der Waals surface area (Å²) in [5, 5.41) is 20.3. The first-order chi connectivity index (χ1) is 9.04. The maximum atomic E-state index is 13.8. The molecule has 0 fully saturated rings. The molecule has 102 valence electrons. The first-order valence-corrected chi connectivity index (χ1v) is 5.95. The van der Waals surface area contributed by atoms with Gasteiger partial charge in [0.1, 0.15) is 17.7 Å². The molecule has 19 heavy (non-hydrogen) atoms. The number of benzene rings is 1. The van der Waals surface area contributed by atoms with Crippen molar-refractivity contribution in [3.63, 3.8) is 0 Å². The zero-order chi connectivity index (χ0) is 14.0. The van der Waals surface area contributed by atoms with Gasteiger partial charge < -0.3 is 14.4 Å². The van der Waals surface area contributed by atoms with Crippen molar-refractivity contribution in [2.45, 2.75) is 19.4 Å². The van der Waals surface area contributed by atoms with Crippen molar-refractivity contribution in [1.82, 2.24) is 0 Å². The van der Waals surface area contributed by atoms with Gasteiger partial charge in [-0.15, -0.1) is 0 Å². The second-order valence-electron chi connectivity index (χ2n) is 4.21. The lowest BCUT2D eigenvalue weighted by molar-refractivity contribution is -0.490. The largest absolute Gasteiger partial charge is 0.496 e. The fraction of sp³-hybridized carbons (Fsp3) is 0.455. The first-order valence-electron chi connectivity index (χ1n) is 5.95. The summed E-state index contributed by atoms with van der Waals surface area (Å²) in [7, 11) is -1.40. The summed E-state index contributed by atoms with van der Waals surface area (Å²) >= 11 is 0. The van der Waals surface area contributed by atoms with E-state index in [4.69, 9.17) is 9.39 Å². The molecule has 0 spiro atoms. The van der Waals surface area contributed by atoms with Crippen molar-refractivity contribution in [2.75, 3.05) is 13.2 Å². The molecule has 1 aromatic rings. The third-order valence-corrected chi connectivity index (χ3v) is 2.83. The lowest BCUT2D eigenvalue weighted by Crippen LogP contribution is -2.30. The lowest BCUT2D eigenvalue weighted by atomic mass is 9.78. The van der Waals surface area contributed by atoms with Gasteiger partial charge >= 0.3 is 7.12 Å². The minimum absolute atomic E-state index is 0.0119. The van der Waals surface area contributed by atoms with E-state index in [9.17, 15) is 19.5 Å². The van der Waals surface area contributed by atoms with Crippen molar-refractivity contribution in [3.05, 3.63) is 33.6 Å². The SMILES string of the molecule is CCCOc1ccc(F)c2c1B(O)OC2C[N+](=O)[O-]. The van der Waals surface area contributed by atoms with E-state index in [1.165, 1.54) is 6.07 Å². The quantitative estimate of drug-likeness (QED) is 0.482. The van der Waals surface area contributed by atoms with E-state index >= 15 is 0 Å². The van der Waals surface area contributed by atoms with Crippen LogP contribution in [0.25, 0.3) is 0 Å². The number of hydrogen-bond acceptors (Lipinski definition) is 5. The molecule has 1 aromatic carbocycles. The highest BCUT2D eigenvalue weighted by Crippen LogP contribution is 2.30. The number of rotatable bonds is 5. The molecule has 0 saturated carbocycles. The monoisotopic (exact) mass is 269 g/mol. The van der Waals surface area contributed by atoms with Crippen LogP contribution in [0.15, 0.2) is 12.1 Å². The topological polar surface area (TPSA) is 81.8 Å². The Labute approximate surface area is 109 Å². The molecule has 2 rings (SSSR count). The summed E-state index contributed by atoms with van der Waals surface area (Å²) in [6, 6.07) is 2.56. The molecule has 0 bridgehead atoms. The molecule has 1 unspecified atom stereocenters. The van der Waals surface area contributed by atoms with Gasteiger partial charge in [0.2, 0.25) is 6.54 Å². The van der Waals surface area contributed by atoms with Gasteiger partial charge in [0.25, 0.3) is 0 Å². The lowest BCUT2D eigenvalue weighted by Gasteiger charge is -2.11. The van der Waals surface area contributed by atoms with E-state index in [0.717, 1.165) is 12.5 Å². The van der Waals surface area contributed by atoms with Gasteiger partial charge in [-0.05, 0) is 18.6 Å². The summed E-state index contributed by atoms with van der Waals surface area (Å²) in [5.41, 5.74) is 0.165. The van der Waals surface area contributed by atoms with E-state index in [-0.39, 0.29) is 11.0 Å². The number of nitrogens with zero attached hydrogens (tertiary/aromatic N) is 1. The predicted octanol–water partition coefficient (Wildman–Crippen LogP) is 0.650. The number of hydrogen-bond donors (Lipinski definition) is 1. The second-order valence-corrected chi connectivity index (χ2v) is 4.21. The average molecular weight is 269 g/mol. The van der Waals surface area contributed by atoms with Crippen LogP contribution < -0.4 is 10.2 Å². The molecule has 0 radical (unpaired) electrons.